The molecular formula is C14H17N3O2. The molecule has 1 aromatic carbocycles. The van der Waals surface area contributed by atoms with E-state index in [-0.39, 0.29) is 30.3 Å². The second kappa shape index (κ2) is 4.35. The molecule has 3 N–H and O–H groups in total. The van der Waals surface area contributed by atoms with Crippen molar-refractivity contribution in [3.63, 3.8) is 0 Å². The molecule has 19 heavy (non-hydrogen) atoms. The monoisotopic (exact) mass is 259 g/mol. The molecule has 1 aliphatic heterocycles. The van der Waals surface area contributed by atoms with Crippen LogP contribution in [0.3, 0.4) is 0 Å². The third-order valence-electron chi connectivity index (χ3n) is 4.04. The number of nitrogens with zero attached hydrogens (tertiary/aromatic N) is 1. The Bertz CT molecular complexity index is 504. The van der Waals surface area contributed by atoms with Gasteiger partial charge in [-0.2, -0.15) is 0 Å². The van der Waals surface area contributed by atoms with Gasteiger partial charge in [0.1, 0.15) is 0 Å². The van der Waals surface area contributed by atoms with E-state index in [4.69, 9.17) is 5.73 Å². The van der Waals surface area contributed by atoms with Gasteiger partial charge in [-0.3, -0.25) is 14.9 Å². The summed E-state index contributed by atoms with van der Waals surface area (Å²) in [6.45, 7) is 1.14. The number of imide groups is 1. The molecule has 3 rings (SSSR count). The van der Waals surface area contributed by atoms with E-state index >= 15 is 0 Å². The van der Waals surface area contributed by atoms with Gasteiger partial charge in [-0.25, -0.2) is 0 Å². The Balaban J connectivity index is 1.79. The molecule has 1 saturated carbocycles. The van der Waals surface area contributed by atoms with E-state index in [1.807, 2.05) is 12.1 Å². The molecule has 0 atom stereocenters. The standard InChI is InChI=1S/C14H17N3O2/c15-9-14(5-6-14)10-1-3-11(4-2-10)17-7-12(18)16-13(19)8-17/h1-4H,5-9,15H2,(H,16,18,19). The first-order valence-electron chi connectivity index (χ1n) is 6.51. The Kier molecular flexibility index (Phi) is 2.78. The Hall–Kier alpha value is -1.88. The summed E-state index contributed by atoms with van der Waals surface area (Å²) in [5.74, 6) is -0.498. The first-order chi connectivity index (χ1) is 9.13. The van der Waals surface area contributed by atoms with Gasteiger partial charge in [0.2, 0.25) is 11.8 Å². The third-order valence-corrected chi connectivity index (χ3v) is 4.04. The number of amides is 2. The second-order valence-corrected chi connectivity index (χ2v) is 5.36. The van der Waals surface area contributed by atoms with E-state index in [0.29, 0.717) is 6.54 Å². The molecule has 2 fully saturated rings. The molecule has 1 aliphatic carbocycles. The van der Waals surface area contributed by atoms with Crippen molar-refractivity contribution in [3.05, 3.63) is 29.8 Å². The first-order valence-corrected chi connectivity index (χ1v) is 6.51. The maximum atomic E-state index is 11.3. The maximum absolute atomic E-state index is 11.3. The van der Waals surface area contributed by atoms with Gasteiger partial charge in [0.15, 0.2) is 0 Å². The van der Waals surface area contributed by atoms with Crippen LogP contribution in [0.2, 0.25) is 0 Å². The lowest BCUT2D eigenvalue weighted by molar-refractivity contribution is -0.130. The van der Waals surface area contributed by atoms with Gasteiger partial charge in [-0.05, 0) is 30.5 Å². The van der Waals surface area contributed by atoms with E-state index in [9.17, 15) is 9.59 Å². The van der Waals surface area contributed by atoms with Crippen LogP contribution in [0.15, 0.2) is 24.3 Å². The normalized spacial score (nSPS) is 21.2. The Morgan fingerprint density at radius 1 is 1.11 bits per heavy atom. The number of piperazine rings is 1. The summed E-state index contributed by atoms with van der Waals surface area (Å²) < 4.78 is 0. The van der Waals surface area contributed by atoms with Gasteiger partial charge in [0.05, 0.1) is 13.1 Å². The molecule has 0 radical (unpaired) electrons. The van der Waals surface area contributed by atoms with E-state index in [1.54, 1.807) is 4.90 Å². The zero-order chi connectivity index (χ0) is 13.5. The lowest BCUT2D eigenvalue weighted by Crippen LogP contribution is -2.51. The van der Waals surface area contributed by atoms with Crippen molar-refractivity contribution in [2.24, 2.45) is 5.73 Å². The summed E-state index contributed by atoms with van der Waals surface area (Å²) in [4.78, 5) is 24.5. The van der Waals surface area contributed by atoms with Crippen LogP contribution in [0.4, 0.5) is 5.69 Å². The number of nitrogens with two attached hydrogens (primary N) is 1. The summed E-state index contributed by atoms with van der Waals surface area (Å²) in [7, 11) is 0. The quantitative estimate of drug-likeness (QED) is 0.757. The van der Waals surface area contributed by atoms with E-state index < -0.39 is 0 Å². The fourth-order valence-corrected chi connectivity index (χ4v) is 2.61. The molecule has 0 spiro atoms. The summed E-state index contributed by atoms with van der Waals surface area (Å²) in [6.07, 6.45) is 2.29. The Labute approximate surface area is 111 Å². The molecule has 0 unspecified atom stereocenters. The number of anilines is 1. The fraction of sp³-hybridized carbons (Fsp3) is 0.429. The van der Waals surface area contributed by atoms with Crippen LogP contribution in [0.5, 0.6) is 0 Å². The molecule has 5 heteroatoms. The van der Waals surface area contributed by atoms with Crippen LogP contribution in [-0.2, 0) is 15.0 Å². The largest absolute Gasteiger partial charge is 0.353 e. The summed E-state index contributed by atoms with van der Waals surface area (Å²) in [5, 5.41) is 2.30. The average molecular weight is 259 g/mol. The van der Waals surface area contributed by atoms with Gasteiger partial charge in [0.25, 0.3) is 0 Å². The number of nitrogens with one attached hydrogen (secondary N) is 1. The molecule has 1 saturated heterocycles. The highest BCUT2D eigenvalue weighted by Crippen LogP contribution is 2.47. The van der Waals surface area contributed by atoms with E-state index in [0.717, 1.165) is 18.5 Å². The van der Waals surface area contributed by atoms with Crippen molar-refractivity contribution in [1.82, 2.24) is 5.32 Å². The van der Waals surface area contributed by atoms with Crippen LogP contribution in [-0.4, -0.2) is 31.4 Å². The molecule has 1 heterocycles. The van der Waals surface area contributed by atoms with Crippen molar-refractivity contribution < 1.29 is 9.59 Å². The summed E-state index contributed by atoms with van der Waals surface area (Å²) >= 11 is 0. The van der Waals surface area contributed by atoms with Gasteiger partial charge >= 0.3 is 0 Å². The van der Waals surface area contributed by atoms with Gasteiger partial charge in [-0.1, -0.05) is 12.1 Å². The summed E-state index contributed by atoms with van der Waals surface area (Å²) in [6, 6.07) is 8.06. The number of hydrogen-bond acceptors (Lipinski definition) is 4. The lowest BCUT2D eigenvalue weighted by atomic mass is 9.96. The van der Waals surface area contributed by atoms with Crippen LogP contribution in [0.25, 0.3) is 0 Å². The zero-order valence-corrected chi connectivity index (χ0v) is 10.7. The van der Waals surface area contributed by atoms with Gasteiger partial charge in [-0.15, -0.1) is 0 Å². The third kappa shape index (κ3) is 2.21. The first kappa shape index (κ1) is 12.2. The molecular weight excluding hydrogens is 242 g/mol. The SMILES string of the molecule is NCC1(c2ccc(N3CC(=O)NC(=O)C3)cc2)CC1. The van der Waals surface area contributed by atoms with Gasteiger partial charge in [0, 0.05) is 17.6 Å². The van der Waals surface area contributed by atoms with Crippen molar-refractivity contribution in [3.8, 4) is 0 Å². The van der Waals surface area contributed by atoms with Crippen LogP contribution in [0.1, 0.15) is 18.4 Å². The molecule has 0 bridgehead atoms. The minimum atomic E-state index is -0.249. The minimum absolute atomic E-state index is 0.174. The smallest absolute Gasteiger partial charge is 0.246 e. The van der Waals surface area contributed by atoms with Crippen molar-refractivity contribution in [1.29, 1.82) is 0 Å². The number of carbonyl (C=O) groups is 2. The van der Waals surface area contributed by atoms with Crippen LogP contribution < -0.4 is 16.0 Å². The van der Waals surface area contributed by atoms with Crippen molar-refractivity contribution in [2.45, 2.75) is 18.3 Å². The van der Waals surface area contributed by atoms with E-state index in [2.05, 4.69) is 17.4 Å². The number of benzene rings is 1. The predicted molar refractivity (Wildman–Crippen MR) is 71.8 cm³/mol. The zero-order valence-electron chi connectivity index (χ0n) is 10.7. The lowest BCUT2D eigenvalue weighted by Gasteiger charge is -2.27. The summed E-state index contributed by atoms with van der Waals surface area (Å²) in [5.41, 5.74) is 8.14. The van der Waals surface area contributed by atoms with Crippen LogP contribution >= 0.6 is 0 Å². The highest BCUT2D eigenvalue weighted by molar-refractivity contribution is 6.02. The van der Waals surface area contributed by atoms with Crippen molar-refractivity contribution >= 4 is 17.5 Å². The fourth-order valence-electron chi connectivity index (χ4n) is 2.61. The molecule has 5 nitrogen and oxygen atoms in total. The Morgan fingerprint density at radius 2 is 1.68 bits per heavy atom. The maximum Gasteiger partial charge on any atom is 0.246 e. The second-order valence-electron chi connectivity index (χ2n) is 5.36. The van der Waals surface area contributed by atoms with Crippen molar-refractivity contribution in [2.75, 3.05) is 24.5 Å². The molecule has 1 aromatic rings. The number of hydrogen-bond donors (Lipinski definition) is 2. The molecule has 100 valence electrons. The highest BCUT2D eigenvalue weighted by atomic mass is 16.2. The average Bonchev–Trinajstić information content (AvgIpc) is 3.19. The minimum Gasteiger partial charge on any atom is -0.353 e. The molecule has 2 aliphatic rings. The molecule has 0 aromatic heterocycles. The van der Waals surface area contributed by atoms with Gasteiger partial charge < -0.3 is 10.6 Å². The topological polar surface area (TPSA) is 75.4 Å². The Morgan fingerprint density at radius 3 is 2.16 bits per heavy atom. The molecule has 2 amide bonds. The van der Waals surface area contributed by atoms with E-state index in [1.165, 1.54) is 5.56 Å². The van der Waals surface area contributed by atoms with Crippen LogP contribution in [0, 0.1) is 0 Å². The number of carbonyl (C=O) groups excluding carboxylic acids is 2. The predicted octanol–water partition coefficient (Wildman–Crippen LogP) is 0.140. The highest BCUT2D eigenvalue weighted by Gasteiger charge is 2.42. The number of rotatable bonds is 3.